The Kier molecular flexibility index (Phi) is 4.50. The van der Waals surface area contributed by atoms with Gasteiger partial charge in [0.2, 0.25) is 0 Å². The van der Waals surface area contributed by atoms with Crippen molar-refractivity contribution in [2.45, 2.75) is 29.2 Å². The Morgan fingerprint density at radius 3 is 2.65 bits per heavy atom. The first-order chi connectivity index (χ1) is 8.11. The average Bonchev–Trinajstić information content (AvgIpc) is 2.71. The Hall–Kier alpha value is -0.0600. The Labute approximate surface area is 123 Å². The quantitative estimate of drug-likeness (QED) is 0.695. The number of benzene rings is 1. The fraction of sp³-hybridized carbons (Fsp3) is 0.417. The molecule has 2 rings (SSSR count). The fourth-order valence-corrected chi connectivity index (χ4v) is 2.59. The van der Waals surface area contributed by atoms with E-state index in [1.54, 1.807) is 0 Å². The lowest BCUT2D eigenvalue weighted by molar-refractivity contribution is 0.284. The first-order valence-electron chi connectivity index (χ1n) is 5.39. The Balaban J connectivity index is 2.21. The van der Waals surface area contributed by atoms with Crippen molar-refractivity contribution in [2.24, 2.45) is 4.99 Å². The topological polar surface area (TPSA) is 21.6 Å². The van der Waals surface area contributed by atoms with E-state index in [0.29, 0.717) is 0 Å². The van der Waals surface area contributed by atoms with E-state index < -0.39 is 0 Å². The molecule has 5 heteroatoms. The standard InChI is InChI=1S/C12H12Br2ClNO/c1-2-9(13)12-16-10(11(14)17-12)7-3-5-8(15)6-4-7/h3-6,9-11H,2H2,1H3. The summed E-state index contributed by atoms with van der Waals surface area (Å²) in [7, 11) is 0. The molecule has 1 aromatic carbocycles. The lowest BCUT2D eigenvalue weighted by Crippen LogP contribution is -2.15. The van der Waals surface area contributed by atoms with E-state index >= 15 is 0 Å². The monoisotopic (exact) mass is 379 g/mol. The largest absolute Gasteiger partial charge is 0.463 e. The van der Waals surface area contributed by atoms with E-state index in [2.05, 4.69) is 43.8 Å². The molecule has 0 spiro atoms. The Morgan fingerprint density at radius 1 is 1.41 bits per heavy atom. The molecule has 0 saturated carbocycles. The van der Waals surface area contributed by atoms with Gasteiger partial charge in [-0.1, -0.05) is 46.6 Å². The van der Waals surface area contributed by atoms with Crippen LogP contribution in [-0.2, 0) is 4.74 Å². The molecule has 1 aliphatic rings. The van der Waals surface area contributed by atoms with E-state index in [4.69, 9.17) is 16.3 Å². The average molecular weight is 381 g/mol. The second kappa shape index (κ2) is 5.72. The molecule has 1 aliphatic heterocycles. The third kappa shape index (κ3) is 3.04. The maximum Gasteiger partial charge on any atom is 0.199 e. The van der Waals surface area contributed by atoms with Crippen molar-refractivity contribution >= 4 is 49.4 Å². The molecule has 0 radical (unpaired) electrons. The third-order valence-corrected chi connectivity index (χ3v) is 4.56. The minimum Gasteiger partial charge on any atom is -0.463 e. The zero-order valence-corrected chi connectivity index (χ0v) is 13.2. The van der Waals surface area contributed by atoms with E-state index in [9.17, 15) is 0 Å². The van der Waals surface area contributed by atoms with Gasteiger partial charge >= 0.3 is 0 Å². The van der Waals surface area contributed by atoms with Crippen LogP contribution in [0.4, 0.5) is 0 Å². The molecule has 3 atom stereocenters. The van der Waals surface area contributed by atoms with Crippen LogP contribution in [0, 0.1) is 0 Å². The second-order valence-corrected chi connectivity index (χ2v) is 6.25. The number of hydrogen-bond donors (Lipinski definition) is 0. The summed E-state index contributed by atoms with van der Waals surface area (Å²) < 4.78 is 5.70. The number of aliphatic imine (C=N–C) groups is 1. The van der Waals surface area contributed by atoms with Crippen LogP contribution in [-0.4, -0.2) is 15.7 Å². The third-order valence-electron chi connectivity index (χ3n) is 2.59. The molecule has 92 valence electrons. The molecule has 0 fully saturated rings. The molecular formula is C12H12Br2ClNO. The maximum absolute atomic E-state index is 5.87. The smallest absolute Gasteiger partial charge is 0.199 e. The van der Waals surface area contributed by atoms with Crippen LogP contribution < -0.4 is 0 Å². The predicted molar refractivity (Wildman–Crippen MR) is 78.4 cm³/mol. The Bertz CT molecular complexity index is 421. The van der Waals surface area contributed by atoms with Crippen LogP contribution in [0.25, 0.3) is 0 Å². The number of halogens is 3. The van der Waals surface area contributed by atoms with Gasteiger partial charge < -0.3 is 4.74 Å². The summed E-state index contributed by atoms with van der Waals surface area (Å²) in [6.07, 6.45) is 0.950. The second-order valence-electron chi connectivity index (χ2n) is 3.81. The van der Waals surface area contributed by atoms with Gasteiger partial charge in [0.15, 0.2) is 10.9 Å². The maximum atomic E-state index is 5.87. The van der Waals surface area contributed by atoms with Gasteiger partial charge in [0, 0.05) is 5.02 Å². The van der Waals surface area contributed by atoms with Crippen LogP contribution in [0.1, 0.15) is 24.9 Å². The number of ether oxygens (including phenoxy) is 1. The SMILES string of the molecule is CCC(Br)C1=NC(c2ccc(Cl)cc2)C(Br)O1. The molecule has 0 saturated heterocycles. The molecule has 0 N–H and O–H groups in total. The number of hydrogen-bond acceptors (Lipinski definition) is 2. The molecule has 0 aromatic heterocycles. The van der Waals surface area contributed by atoms with Gasteiger partial charge in [-0.15, -0.1) is 0 Å². The van der Waals surface area contributed by atoms with Crippen LogP contribution in [0.3, 0.4) is 0 Å². The molecule has 1 heterocycles. The highest BCUT2D eigenvalue weighted by atomic mass is 79.9. The number of rotatable bonds is 3. The predicted octanol–water partition coefficient (Wildman–Crippen LogP) is 4.70. The molecule has 2 nitrogen and oxygen atoms in total. The Morgan fingerprint density at radius 2 is 2.06 bits per heavy atom. The van der Waals surface area contributed by atoms with Crippen LogP contribution >= 0.6 is 43.5 Å². The highest BCUT2D eigenvalue weighted by Gasteiger charge is 2.32. The zero-order chi connectivity index (χ0) is 12.4. The van der Waals surface area contributed by atoms with E-state index in [1.807, 2.05) is 24.3 Å². The van der Waals surface area contributed by atoms with Crippen molar-refractivity contribution in [1.82, 2.24) is 0 Å². The fourth-order valence-electron chi connectivity index (χ4n) is 1.62. The van der Waals surface area contributed by atoms with Crippen LogP contribution in [0.2, 0.25) is 5.02 Å². The summed E-state index contributed by atoms with van der Waals surface area (Å²) in [5, 5.41) is 0.625. The number of nitrogens with zero attached hydrogens (tertiary/aromatic N) is 1. The summed E-state index contributed by atoms with van der Waals surface area (Å²) in [6, 6.07) is 7.69. The first kappa shape index (κ1) is 13.4. The van der Waals surface area contributed by atoms with Crippen molar-refractivity contribution in [3.05, 3.63) is 34.9 Å². The highest BCUT2D eigenvalue weighted by Crippen LogP contribution is 2.35. The van der Waals surface area contributed by atoms with Crippen molar-refractivity contribution < 1.29 is 4.74 Å². The lowest BCUT2D eigenvalue weighted by Gasteiger charge is -2.11. The summed E-state index contributed by atoms with van der Waals surface area (Å²) in [6.45, 7) is 2.09. The van der Waals surface area contributed by atoms with Gasteiger partial charge in [0.1, 0.15) is 6.04 Å². The normalized spacial score (nSPS) is 25.3. The molecule has 3 unspecified atom stereocenters. The van der Waals surface area contributed by atoms with Crippen molar-refractivity contribution in [3.63, 3.8) is 0 Å². The summed E-state index contributed by atoms with van der Waals surface area (Å²) >= 11 is 12.9. The molecular weight excluding hydrogens is 369 g/mol. The zero-order valence-electron chi connectivity index (χ0n) is 9.24. The number of alkyl halides is 2. The van der Waals surface area contributed by atoms with Crippen molar-refractivity contribution in [3.8, 4) is 0 Å². The lowest BCUT2D eigenvalue weighted by atomic mass is 10.1. The van der Waals surface area contributed by atoms with E-state index in [1.165, 1.54) is 0 Å². The first-order valence-corrected chi connectivity index (χ1v) is 7.60. The molecule has 0 aliphatic carbocycles. The minimum absolute atomic E-state index is 0.00568. The van der Waals surface area contributed by atoms with Crippen molar-refractivity contribution in [2.75, 3.05) is 0 Å². The van der Waals surface area contributed by atoms with Gasteiger partial charge in [-0.3, -0.25) is 0 Å². The van der Waals surface area contributed by atoms with Gasteiger partial charge in [-0.25, -0.2) is 4.99 Å². The van der Waals surface area contributed by atoms with E-state index in [-0.39, 0.29) is 15.9 Å². The van der Waals surface area contributed by atoms with Gasteiger partial charge in [-0.05, 0) is 40.0 Å². The molecule has 1 aromatic rings. The highest BCUT2D eigenvalue weighted by molar-refractivity contribution is 9.10. The summed E-state index contributed by atoms with van der Waals surface area (Å²) in [4.78, 5) is 4.78. The summed E-state index contributed by atoms with van der Waals surface area (Å²) in [5.74, 6) is 0.759. The molecule has 17 heavy (non-hydrogen) atoms. The summed E-state index contributed by atoms with van der Waals surface area (Å²) in [5.41, 5.74) is 1.10. The van der Waals surface area contributed by atoms with Crippen LogP contribution in [0.15, 0.2) is 29.3 Å². The van der Waals surface area contributed by atoms with Gasteiger partial charge in [-0.2, -0.15) is 0 Å². The molecule has 0 amide bonds. The van der Waals surface area contributed by atoms with E-state index in [0.717, 1.165) is 22.9 Å². The minimum atomic E-state index is -0.106. The van der Waals surface area contributed by atoms with Gasteiger partial charge in [0.25, 0.3) is 0 Å². The van der Waals surface area contributed by atoms with Crippen molar-refractivity contribution in [1.29, 1.82) is 0 Å². The molecule has 0 bridgehead atoms. The van der Waals surface area contributed by atoms with Gasteiger partial charge in [0.05, 0.1) is 4.83 Å². The van der Waals surface area contributed by atoms with Crippen LogP contribution in [0.5, 0.6) is 0 Å².